The van der Waals surface area contributed by atoms with Gasteiger partial charge < -0.3 is 9.84 Å². The number of carboxylic acid groups (broad SMARTS) is 1. The van der Waals surface area contributed by atoms with Crippen molar-refractivity contribution in [1.29, 1.82) is 0 Å². The van der Waals surface area contributed by atoms with Gasteiger partial charge in [-0.05, 0) is 41.0 Å². The molecule has 0 radical (unpaired) electrons. The van der Waals surface area contributed by atoms with Gasteiger partial charge in [-0.3, -0.25) is 4.79 Å². The summed E-state index contributed by atoms with van der Waals surface area (Å²) in [6.07, 6.45) is -9.43. The molecule has 0 saturated heterocycles. The van der Waals surface area contributed by atoms with Crippen molar-refractivity contribution in [1.82, 2.24) is 0 Å². The van der Waals surface area contributed by atoms with Crippen LogP contribution in [-0.4, -0.2) is 30.1 Å². The first-order valence-electron chi connectivity index (χ1n) is 8.14. The van der Waals surface area contributed by atoms with E-state index < -0.39 is 29.6 Å². The maximum absolute atomic E-state index is 13.1. The Morgan fingerprint density at radius 2 is 1.72 bits per heavy atom. The molecule has 0 fully saturated rings. The molecule has 3 nitrogen and oxygen atoms in total. The third kappa shape index (κ3) is 6.59. The van der Waals surface area contributed by atoms with E-state index >= 15 is 0 Å². The first-order valence-corrected chi connectivity index (χ1v) is 9.30. The number of carbonyl (C=O) groups is 1. The summed E-state index contributed by atoms with van der Waals surface area (Å²) in [4.78, 5) is 11.0. The number of thioether (sulfide) groups is 1. The standard InChI is InChI=1S/C19H16F6O3S/c1-28-16-5-2-11(7-17(26)27)6-15(16)14-4-3-13(19(23,24)25)8-12(14)9-29-10-18(20,21)22/h2-6,8H,7,9-10H2,1H3,(H,26,27). The molecule has 0 spiro atoms. The van der Waals surface area contributed by atoms with E-state index in [1.165, 1.54) is 25.3 Å². The van der Waals surface area contributed by atoms with E-state index in [0.717, 1.165) is 18.2 Å². The minimum absolute atomic E-state index is 0.0415. The summed E-state index contributed by atoms with van der Waals surface area (Å²) in [6.45, 7) is 0. The number of aliphatic carboxylic acids is 1. The van der Waals surface area contributed by atoms with Gasteiger partial charge in [-0.1, -0.05) is 12.1 Å². The Labute approximate surface area is 166 Å². The van der Waals surface area contributed by atoms with Crippen LogP contribution in [0.4, 0.5) is 26.3 Å². The van der Waals surface area contributed by atoms with Crippen LogP contribution in [0, 0.1) is 0 Å². The minimum Gasteiger partial charge on any atom is -0.496 e. The number of halogens is 6. The van der Waals surface area contributed by atoms with Crippen LogP contribution in [0.1, 0.15) is 16.7 Å². The normalized spacial score (nSPS) is 12.1. The fourth-order valence-electron chi connectivity index (χ4n) is 2.68. The van der Waals surface area contributed by atoms with Crippen LogP contribution in [0.3, 0.4) is 0 Å². The van der Waals surface area contributed by atoms with E-state index in [1.54, 1.807) is 0 Å². The van der Waals surface area contributed by atoms with Crippen LogP contribution in [0.5, 0.6) is 5.75 Å². The van der Waals surface area contributed by atoms with Gasteiger partial charge in [0.2, 0.25) is 0 Å². The Hall–Kier alpha value is -2.36. The third-order valence-corrected chi connectivity index (χ3v) is 4.91. The Morgan fingerprint density at radius 1 is 1.03 bits per heavy atom. The summed E-state index contributed by atoms with van der Waals surface area (Å²) in [5.41, 5.74) is -0.00851. The number of alkyl halides is 6. The number of rotatable bonds is 7. The molecule has 0 heterocycles. The van der Waals surface area contributed by atoms with E-state index in [9.17, 15) is 31.1 Å². The predicted octanol–water partition coefficient (Wildman–Crippen LogP) is 5.80. The smallest absolute Gasteiger partial charge is 0.416 e. The lowest BCUT2D eigenvalue weighted by Gasteiger charge is -2.17. The average Bonchev–Trinajstić information content (AvgIpc) is 2.59. The Kier molecular flexibility index (Phi) is 7.10. The van der Waals surface area contributed by atoms with Crippen LogP contribution >= 0.6 is 11.8 Å². The highest BCUT2D eigenvalue weighted by atomic mass is 32.2. The Bertz CT molecular complexity index is 877. The van der Waals surface area contributed by atoms with E-state index in [0.29, 0.717) is 22.9 Å². The number of methoxy groups -OCH3 is 1. The minimum atomic E-state index is -4.66. The molecule has 0 amide bonds. The lowest BCUT2D eigenvalue weighted by Crippen LogP contribution is -2.11. The second kappa shape index (κ2) is 8.98. The molecule has 2 aromatic rings. The zero-order valence-electron chi connectivity index (χ0n) is 15.0. The molecule has 29 heavy (non-hydrogen) atoms. The molecule has 1 N–H and O–H groups in total. The summed E-state index contributed by atoms with van der Waals surface area (Å²) in [7, 11) is 1.33. The number of hydrogen-bond donors (Lipinski definition) is 1. The molecule has 0 aromatic heterocycles. The van der Waals surface area contributed by atoms with Crippen LogP contribution in [-0.2, 0) is 23.1 Å². The predicted molar refractivity (Wildman–Crippen MR) is 97.0 cm³/mol. The van der Waals surface area contributed by atoms with Crippen molar-refractivity contribution in [2.24, 2.45) is 0 Å². The Morgan fingerprint density at radius 3 is 2.28 bits per heavy atom. The molecule has 0 aliphatic rings. The van der Waals surface area contributed by atoms with Gasteiger partial charge in [0.25, 0.3) is 0 Å². The van der Waals surface area contributed by atoms with Crippen molar-refractivity contribution in [2.45, 2.75) is 24.5 Å². The van der Waals surface area contributed by atoms with Gasteiger partial charge >= 0.3 is 18.3 Å². The van der Waals surface area contributed by atoms with Crippen molar-refractivity contribution in [2.75, 3.05) is 12.9 Å². The summed E-state index contributed by atoms with van der Waals surface area (Å²) < 4.78 is 81.9. The lowest BCUT2D eigenvalue weighted by molar-refractivity contribution is -0.138. The van der Waals surface area contributed by atoms with Crippen LogP contribution in [0.15, 0.2) is 36.4 Å². The highest BCUT2D eigenvalue weighted by Crippen LogP contribution is 2.39. The van der Waals surface area contributed by atoms with Crippen LogP contribution in [0.25, 0.3) is 11.1 Å². The zero-order valence-corrected chi connectivity index (χ0v) is 15.8. The Balaban J connectivity index is 2.53. The number of hydrogen-bond acceptors (Lipinski definition) is 3. The topological polar surface area (TPSA) is 46.5 Å². The average molecular weight is 438 g/mol. The summed E-state index contributed by atoms with van der Waals surface area (Å²) in [5.74, 6) is -2.36. The number of ether oxygens (including phenoxy) is 1. The van der Waals surface area contributed by atoms with Crippen molar-refractivity contribution < 1.29 is 41.0 Å². The molecule has 0 aliphatic carbocycles. The molecular weight excluding hydrogens is 422 g/mol. The maximum Gasteiger partial charge on any atom is 0.416 e. The monoisotopic (exact) mass is 438 g/mol. The van der Waals surface area contributed by atoms with Gasteiger partial charge in [-0.15, -0.1) is 11.8 Å². The van der Waals surface area contributed by atoms with Gasteiger partial charge in [0.15, 0.2) is 0 Å². The molecule has 0 saturated carbocycles. The molecule has 158 valence electrons. The van der Waals surface area contributed by atoms with Crippen molar-refractivity contribution >= 4 is 17.7 Å². The second-order valence-corrected chi connectivity index (χ2v) is 7.07. The largest absolute Gasteiger partial charge is 0.496 e. The number of benzene rings is 2. The van der Waals surface area contributed by atoms with E-state index in [1.807, 2.05) is 0 Å². The summed E-state index contributed by atoms with van der Waals surface area (Å²) >= 11 is 0.442. The first kappa shape index (κ1) is 22.9. The van der Waals surface area contributed by atoms with Gasteiger partial charge in [-0.2, -0.15) is 26.3 Å². The highest BCUT2D eigenvalue weighted by molar-refractivity contribution is 7.98. The molecule has 2 rings (SSSR count). The lowest BCUT2D eigenvalue weighted by atomic mass is 9.95. The van der Waals surface area contributed by atoms with E-state index in [2.05, 4.69) is 0 Å². The molecule has 0 unspecified atom stereocenters. The quantitative estimate of drug-likeness (QED) is 0.555. The molecule has 0 bridgehead atoms. The molecule has 0 aliphatic heterocycles. The molecule has 2 aromatic carbocycles. The highest BCUT2D eigenvalue weighted by Gasteiger charge is 2.32. The van der Waals surface area contributed by atoms with E-state index in [-0.39, 0.29) is 29.1 Å². The first-order chi connectivity index (χ1) is 13.4. The van der Waals surface area contributed by atoms with Crippen molar-refractivity contribution in [3.63, 3.8) is 0 Å². The van der Waals surface area contributed by atoms with Crippen molar-refractivity contribution in [3.05, 3.63) is 53.1 Å². The van der Waals surface area contributed by atoms with Gasteiger partial charge in [0.1, 0.15) is 5.75 Å². The van der Waals surface area contributed by atoms with E-state index in [4.69, 9.17) is 9.84 Å². The van der Waals surface area contributed by atoms with Crippen molar-refractivity contribution in [3.8, 4) is 16.9 Å². The van der Waals surface area contributed by atoms with Crippen LogP contribution in [0.2, 0.25) is 0 Å². The van der Waals surface area contributed by atoms with Gasteiger partial charge in [-0.25, -0.2) is 0 Å². The van der Waals surface area contributed by atoms with Gasteiger partial charge in [0.05, 0.1) is 24.8 Å². The fraction of sp³-hybridized carbons (Fsp3) is 0.316. The summed E-state index contributed by atoms with van der Waals surface area (Å²) in [6, 6.07) is 7.22. The summed E-state index contributed by atoms with van der Waals surface area (Å²) in [5, 5.41) is 8.96. The van der Waals surface area contributed by atoms with Gasteiger partial charge in [0, 0.05) is 11.3 Å². The molecule has 0 atom stereocenters. The molecule has 10 heteroatoms. The maximum atomic E-state index is 13.1. The fourth-order valence-corrected chi connectivity index (χ4v) is 3.47. The molecular formula is C19H16F6O3S. The SMILES string of the molecule is COc1ccc(CC(=O)O)cc1-c1ccc(C(F)(F)F)cc1CSCC(F)(F)F. The zero-order chi connectivity index (χ0) is 21.8. The second-order valence-electron chi connectivity index (χ2n) is 6.08. The number of carboxylic acids is 1. The van der Waals surface area contributed by atoms with Crippen LogP contribution < -0.4 is 4.74 Å². The third-order valence-electron chi connectivity index (χ3n) is 3.87.